The van der Waals surface area contributed by atoms with E-state index in [0.29, 0.717) is 33.5 Å². The van der Waals surface area contributed by atoms with Crippen LogP contribution in [0.25, 0.3) is 11.0 Å². The number of hydrogen-bond acceptors (Lipinski definition) is 6. The van der Waals surface area contributed by atoms with Gasteiger partial charge in [-0.2, -0.15) is 0 Å². The number of amides is 1. The van der Waals surface area contributed by atoms with Crippen molar-refractivity contribution in [3.63, 3.8) is 0 Å². The van der Waals surface area contributed by atoms with Crippen LogP contribution >= 0.6 is 23.7 Å². The van der Waals surface area contributed by atoms with Crippen molar-refractivity contribution in [3.8, 4) is 0 Å². The number of carbonyl (C=O) groups is 1. The van der Waals surface area contributed by atoms with Crippen molar-refractivity contribution in [2.45, 2.75) is 32.6 Å². The van der Waals surface area contributed by atoms with E-state index in [0.717, 1.165) is 25.9 Å². The number of halogens is 2. The van der Waals surface area contributed by atoms with Crippen LogP contribution < -0.4 is 10.6 Å². The molecule has 2 aromatic heterocycles. The first-order chi connectivity index (χ1) is 13.0. The molecule has 4 rings (SSSR count). The fraction of sp³-hybridized carbons (Fsp3) is 0.368. The average Bonchev–Trinajstić information content (AvgIpc) is 3.11. The monoisotopic (exact) mass is 421 g/mol. The quantitative estimate of drug-likeness (QED) is 0.668. The molecule has 28 heavy (non-hydrogen) atoms. The normalized spacial score (nSPS) is 14.7. The summed E-state index contributed by atoms with van der Waals surface area (Å²) in [7, 11) is 0. The van der Waals surface area contributed by atoms with E-state index in [9.17, 15) is 9.18 Å². The Labute approximate surface area is 172 Å². The third kappa shape index (κ3) is 4.14. The molecule has 3 heterocycles. The molecule has 9 heteroatoms. The molecule has 0 aliphatic carbocycles. The van der Waals surface area contributed by atoms with Crippen LogP contribution in [0, 0.1) is 19.7 Å². The van der Waals surface area contributed by atoms with Gasteiger partial charge in [-0.15, -0.1) is 23.7 Å². The molecule has 1 amide bonds. The highest BCUT2D eigenvalue weighted by Crippen LogP contribution is 2.32. The van der Waals surface area contributed by atoms with Crippen molar-refractivity contribution in [2.24, 2.45) is 0 Å². The summed E-state index contributed by atoms with van der Waals surface area (Å²) in [5.41, 5.74) is 2.36. The predicted octanol–water partition coefficient (Wildman–Crippen LogP) is 3.98. The van der Waals surface area contributed by atoms with Crippen LogP contribution in [0.1, 0.15) is 45.4 Å². The first kappa shape index (κ1) is 20.6. The summed E-state index contributed by atoms with van der Waals surface area (Å²) in [6, 6.07) is 2.49. The number of carbonyl (C=O) groups excluding carboxylic acids is 1. The van der Waals surface area contributed by atoms with Gasteiger partial charge in [0.25, 0.3) is 5.91 Å². The molecule has 0 bridgehead atoms. The van der Waals surface area contributed by atoms with Crippen LogP contribution in [-0.4, -0.2) is 33.9 Å². The third-order valence-corrected chi connectivity index (χ3v) is 5.95. The summed E-state index contributed by atoms with van der Waals surface area (Å²) in [4.78, 5) is 27.1. The van der Waals surface area contributed by atoms with E-state index < -0.39 is 11.7 Å². The Morgan fingerprint density at radius 2 is 1.93 bits per heavy atom. The van der Waals surface area contributed by atoms with Gasteiger partial charge in [-0.1, -0.05) is 0 Å². The molecule has 0 radical (unpaired) electrons. The molecular weight excluding hydrogens is 401 g/mol. The van der Waals surface area contributed by atoms with E-state index in [2.05, 4.69) is 25.6 Å². The van der Waals surface area contributed by atoms with Crippen LogP contribution in [-0.2, 0) is 0 Å². The van der Waals surface area contributed by atoms with Crippen LogP contribution in [0.15, 0.2) is 18.3 Å². The molecular formula is C19H21ClFN5OS. The Morgan fingerprint density at radius 3 is 2.68 bits per heavy atom. The lowest BCUT2D eigenvalue weighted by molar-refractivity contribution is 0.102. The zero-order chi connectivity index (χ0) is 19.0. The molecule has 1 fully saturated rings. The SMILES string of the molecule is Cc1nc2cc(F)cc(C(=O)Nc3ncc(C4CCNCC4)s3)c2nc1C.Cl. The van der Waals surface area contributed by atoms with Crippen molar-refractivity contribution in [1.82, 2.24) is 20.3 Å². The summed E-state index contributed by atoms with van der Waals surface area (Å²) in [6.07, 6.45) is 3.96. The number of piperidine rings is 1. The number of benzene rings is 1. The highest BCUT2D eigenvalue weighted by atomic mass is 35.5. The van der Waals surface area contributed by atoms with Gasteiger partial charge in [0.2, 0.25) is 0 Å². The summed E-state index contributed by atoms with van der Waals surface area (Å²) in [5, 5.41) is 6.65. The molecule has 0 saturated carbocycles. The summed E-state index contributed by atoms with van der Waals surface area (Å²) in [5.74, 6) is -0.469. The smallest absolute Gasteiger partial charge is 0.259 e. The molecule has 0 atom stereocenters. The number of fused-ring (bicyclic) bond motifs is 1. The average molecular weight is 422 g/mol. The number of nitrogens with zero attached hydrogens (tertiary/aromatic N) is 3. The lowest BCUT2D eigenvalue weighted by Crippen LogP contribution is -2.26. The minimum absolute atomic E-state index is 0. The van der Waals surface area contributed by atoms with Gasteiger partial charge in [0.05, 0.1) is 22.5 Å². The number of aromatic nitrogens is 3. The van der Waals surface area contributed by atoms with Crippen molar-refractivity contribution < 1.29 is 9.18 Å². The Balaban J connectivity index is 0.00000225. The standard InChI is InChI=1S/C19H20FN5OS.ClH/c1-10-11(2)24-17-14(7-13(20)8-15(17)23-10)18(26)25-19-22-9-16(27-19)12-3-5-21-6-4-12;/h7-9,12,21H,3-6H2,1-2H3,(H,22,25,26);1H. The summed E-state index contributed by atoms with van der Waals surface area (Å²) >= 11 is 1.48. The molecule has 1 aliphatic heterocycles. The van der Waals surface area contributed by atoms with Gasteiger partial charge in [0.1, 0.15) is 11.3 Å². The van der Waals surface area contributed by atoms with Gasteiger partial charge in [-0.05, 0) is 51.8 Å². The fourth-order valence-electron chi connectivity index (χ4n) is 3.27. The first-order valence-corrected chi connectivity index (χ1v) is 9.75. The third-order valence-electron chi connectivity index (χ3n) is 4.88. The second-order valence-corrected chi connectivity index (χ2v) is 7.82. The summed E-state index contributed by atoms with van der Waals surface area (Å²) in [6.45, 7) is 5.62. The minimum atomic E-state index is -0.514. The molecule has 2 N–H and O–H groups in total. The Bertz CT molecular complexity index is 1020. The van der Waals surface area contributed by atoms with E-state index >= 15 is 0 Å². The lowest BCUT2D eigenvalue weighted by Gasteiger charge is -2.20. The number of aryl methyl sites for hydroxylation is 2. The molecule has 3 aromatic rings. The maximum Gasteiger partial charge on any atom is 0.259 e. The van der Waals surface area contributed by atoms with Gasteiger partial charge in [-0.3, -0.25) is 10.1 Å². The van der Waals surface area contributed by atoms with Crippen molar-refractivity contribution >= 4 is 45.8 Å². The zero-order valence-corrected chi connectivity index (χ0v) is 17.2. The van der Waals surface area contributed by atoms with Gasteiger partial charge < -0.3 is 5.32 Å². The molecule has 0 unspecified atom stereocenters. The van der Waals surface area contributed by atoms with E-state index in [1.807, 2.05) is 20.0 Å². The van der Waals surface area contributed by atoms with E-state index in [4.69, 9.17) is 0 Å². The molecule has 1 aliphatic rings. The number of rotatable bonds is 3. The number of anilines is 1. The molecule has 1 aromatic carbocycles. The number of thiazole rings is 1. The second-order valence-electron chi connectivity index (χ2n) is 6.76. The van der Waals surface area contributed by atoms with Crippen molar-refractivity contribution in [1.29, 1.82) is 0 Å². The van der Waals surface area contributed by atoms with Crippen LogP contribution in [0.2, 0.25) is 0 Å². The van der Waals surface area contributed by atoms with E-state index in [-0.39, 0.29) is 18.0 Å². The topological polar surface area (TPSA) is 79.8 Å². The Hall–Kier alpha value is -2.16. The van der Waals surface area contributed by atoms with Crippen molar-refractivity contribution in [3.05, 3.63) is 46.0 Å². The minimum Gasteiger partial charge on any atom is -0.317 e. The summed E-state index contributed by atoms with van der Waals surface area (Å²) < 4.78 is 14.0. The van der Waals surface area contributed by atoms with Crippen molar-refractivity contribution in [2.75, 3.05) is 18.4 Å². The number of nitrogens with one attached hydrogen (secondary N) is 2. The van der Waals surface area contributed by atoms with E-state index in [1.54, 1.807) is 0 Å². The lowest BCUT2D eigenvalue weighted by atomic mass is 9.97. The highest BCUT2D eigenvalue weighted by Gasteiger charge is 2.20. The largest absolute Gasteiger partial charge is 0.317 e. The maximum atomic E-state index is 14.0. The number of hydrogen-bond donors (Lipinski definition) is 2. The Morgan fingerprint density at radius 1 is 1.21 bits per heavy atom. The molecule has 1 saturated heterocycles. The zero-order valence-electron chi connectivity index (χ0n) is 15.6. The highest BCUT2D eigenvalue weighted by molar-refractivity contribution is 7.15. The van der Waals surface area contributed by atoms with E-state index in [1.165, 1.54) is 28.3 Å². The first-order valence-electron chi connectivity index (χ1n) is 8.93. The van der Waals surface area contributed by atoms with Gasteiger partial charge in [0, 0.05) is 17.1 Å². The van der Waals surface area contributed by atoms with Gasteiger partial charge in [0.15, 0.2) is 5.13 Å². The maximum absolute atomic E-state index is 14.0. The molecule has 148 valence electrons. The molecule has 6 nitrogen and oxygen atoms in total. The predicted molar refractivity (Wildman–Crippen MR) is 111 cm³/mol. The van der Waals surface area contributed by atoms with Gasteiger partial charge in [-0.25, -0.2) is 19.3 Å². The molecule has 0 spiro atoms. The second kappa shape index (κ2) is 8.46. The Kier molecular flexibility index (Phi) is 6.22. The van der Waals surface area contributed by atoms with Crippen LogP contribution in [0.4, 0.5) is 9.52 Å². The fourth-order valence-corrected chi connectivity index (χ4v) is 4.26. The van der Waals surface area contributed by atoms with Crippen LogP contribution in [0.3, 0.4) is 0 Å². The van der Waals surface area contributed by atoms with Gasteiger partial charge >= 0.3 is 0 Å². The van der Waals surface area contributed by atoms with Crippen LogP contribution in [0.5, 0.6) is 0 Å².